The van der Waals surface area contributed by atoms with Crippen LogP contribution in [-0.4, -0.2) is 35.6 Å². The first-order chi connectivity index (χ1) is 11.7. The number of halogens is 1. The summed E-state index contributed by atoms with van der Waals surface area (Å²) in [7, 11) is 0. The third-order valence-corrected chi connectivity index (χ3v) is 4.45. The number of aliphatic hydroxyl groups is 1. The zero-order chi connectivity index (χ0) is 16.9. The fourth-order valence-electron chi connectivity index (χ4n) is 2.91. The van der Waals surface area contributed by atoms with Crippen molar-refractivity contribution in [3.05, 3.63) is 59.1 Å². The van der Waals surface area contributed by atoms with Gasteiger partial charge in [-0.15, -0.1) is 0 Å². The van der Waals surface area contributed by atoms with Crippen LogP contribution in [0, 0.1) is 5.92 Å². The van der Waals surface area contributed by atoms with Gasteiger partial charge in [0.15, 0.2) is 0 Å². The van der Waals surface area contributed by atoms with Crippen molar-refractivity contribution in [2.45, 2.75) is 12.8 Å². The first-order valence-electron chi connectivity index (χ1n) is 8.09. The summed E-state index contributed by atoms with van der Waals surface area (Å²) in [4.78, 5) is 14.5. The number of nitrogens with zero attached hydrogens (tertiary/aromatic N) is 1. The third-order valence-electron chi connectivity index (χ3n) is 4.19. The molecule has 3 rings (SSSR count). The summed E-state index contributed by atoms with van der Waals surface area (Å²) in [6, 6.07) is 14.3. The predicted molar refractivity (Wildman–Crippen MR) is 93.7 cm³/mol. The van der Waals surface area contributed by atoms with Gasteiger partial charge in [-0.25, -0.2) is 0 Å². The number of hydrogen-bond donors (Lipinski definition) is 1. The number of likely N-dealkylation sites (tertiary alicyclic amines) is 1. The number of rotatable bonds is 4. The van der Waals surface area contributed by atoms with Crippen LogP contribution in [-0.2, 0) is 0 Å². The van der Waals surface area contributed by atoms with E-state index in [-0.39, 0.29) is 18.4 Å². The average molecular weight is 346 g/mol. The van der Waals surface area contributed by atoms with Gasteiger partial charge >= 0.3 is 0 Å². The van der Waals surface area contributed by atoms with Gasteiger partial charge in [0.2, 0.25) is 0 Å². The molecule has 1 amide bonds. The fourth-order valence-corrected chi connectivity index (χ4v) is 3.04. The van der Waals surface area contributed by atoms with Gasteiger partial charge in [-0.2, -0.15) is 0 Å². The second-order valence-electron chi connectivity index (χ2n) is 6.03. The number of ether oxygens (including phenoxy) is 1. The molecule has 126 valence electrons. The average Bonchev–Trinajstić information content (AvgIpc) is 2.63. The molecule has 0 aromatic heterocycles. The van der Waals surface area contributed by atoms with E-state index in [1.54, 1.807) is 36.4 Å². The first-order valence-corrected chi connectivity index (χ1v) is 8.47. The lowest BCUT2D eigenvalue weighted by Crippen LogP contribution is -2.40. The molecular formula is C19H20ClNO3. The molecule has 1 unspecified atom stereocenters. The quantitative estimate of drug-likeness (QED) is 0.912. The van der Waals surface area contributed by atoms with E-state index in [0.717, 1.165) is 19.4 Å². The molecule has 0 bridgehead atoms. The van der Waals surface area contributed by atoms with E-state index in [4.69, 9.17) is 16.3 Å². The molecule has 1 atom stereocenters. The molecule has 24 heavy (non-hydrogen) atoms. The molecule has 1 saturated heterocycles. The minimum atomic E-state index is -0.0188. The molecule has 5 heteroatoms. The van der Waals surface area contributed by atoms with Crippen LogP contribution in [0.5, 0.6) is 11.5 Å². The minimum absolute atomic E-state index is 0.0188. The fraction of sp³-hybridized carbons (Fsp3) is 0.316. The summed E-state index contributed by atoms with van der Waals surface area (Å²) in [5, 5.41) is 9.97. The maximum absolute atomic E-state index is 12.7. The number of piperidine rings is 1. The first kappa shape index (κ1) is 16.8. The molecule has 1 aliphatic rings. The van der Waals surface area contributed by atoms with Gasteiger partial charge in [-0.3, -0.25) is 4.79 Å². The zero-order valence-electron chi connectivity index (χ0n) is 13.3. The predicted octanol–water partition coefficient (Wildman–Crippen LogP) is 3.98. The van der Waals surface area contributed by atoms with Crippen LogP contribution in [0.3, 0.4) is 0 Å². The minimum Gasteiger partial charge on any atom is -0.457 e. The molecule has 0 spiro atoms. The monoisotopic (exact) mass is 345 g/mol. The van der Waals surface area contributed by atoms with Crippen LogP contribution in [0.2, 0.25) is 5.02 Å². The Morgan fingerprint density at radius 1 is 1.21 bits per heavy atom. The van der Waals surface area contributed by atoms with E-state index in [1.807, 2.05) is 17.0 Å². The van der Waals surface area contributed by atoms with Crippen molar-refractivity contribution in [2.24, 2.45) is 5.92 Å². The molecule has 1 N–H and O–H groups in total. The van der Waals surface area contributed by atoms with Gasteiger partial charge in [0.05, 0.1) is 0 Å². The summed E-state index contributed by atoms with van der Waals surface area (Å²) >= 11 is 5.87. The van der Waals surface area contributed by atoms with Crippen molar-refractivity contribution >= 4 is 17.5 Å². The highest BCUT2D eigenvalue weighted by molar-refractivity contribution is 6.30. The van der Waals surface area contributed by atoms with E-state index in [0.29, 0.717) is 28.6 Å². The normalized spacial score (nSPS) is 17.6. The van der Waals surface area contributed by atoms with Gasteiger partial charge in [0.25, 0.3) is 5.91 Å². The smallest absolute Gasteiger partial charge is 0.253 e. The molecule has 2 aromatic rings. The Balaban J connectivity index is 1.72. The second-order valence-corrected chi connectivity index (χ2v) is 6.46. The summed E-state index contributed by atoms with van der Waals surface area (Å²) in [6.07, 6.45) is 1.90. The Hall–Kier alpha value is -2.04. The van der Waals surface area contributed by atoms with E-state index >= 15 is 0 Å². The molecular weight excluding hydrogens is 326 g/mol. The van der Waals surface area contributed by atoms with Crippen LogP contribution < -0.4 is 4.74 Å². The molecule has 1 aliphatic heterocycles. The maximum atomic E-state index is 12.7. The maximum Gasteiger partial charge on any atom is 0.253 e. The SMILES string of the molecule is O=C(c1cccc(Oc2ccc(Cl)cc2)c1)N1CCCC(CO)C1. The van der Waals surface area contributed by atoms with Crippen molar-refractivity contribution < 1.29 is 14.6 Å². The molecule has 0 radical (unpaired) electrons. The molecule has 1 heterocycles. The molecule has 2 aromatic carbocycles. The lowest BCUT2D eigenvalue weighted by molar-refractivity contribution is 0.0620. The summed E-state index contributed by atoms with van der Waals surface area (Å²) in [5.41, 5.74) is 0.597. The molecule has 1 fully saturated rings. The van der Waals surface area contributed by atoms with Crippen molar-refractivity contribution in [3.63, 3.8) is 0 Å². The van der Waals surface area contributed by atoms with E-state index in [2.05, 4.69) is 0 Å². The number of amides is 1. The van der Waals surface area contributed by atoms with Gasteiger partial charge in [0, 0.05) is 30.3 Å². The summed E-state index contributed by atoms with van der Waals surface area (Å²) < 4.78 is 5.78. The highest BCUT2D eigenvalue weighted by Gasteiger charge is 2.24. The summed E-state index contributed by atoms with van der Waals surface area (Å²) in [6.45, 7) is 1.47. The Kier molecular flexibility index (Phi) is 5.38. The highest BCUT2D eigenvalue weighted by Crippen LogP contribution is 2.25. The third kappa shape index (κ3) is 4.08. The van der Waals surface area contributed by atoms with Crippen molar-refractivity contribution in [2.75, 3.05) is 19.7 Å². The van der Waals surface area contributed by atoms with Crippen LogP contribution in [0.1, 0.15) is 23.2 Å². The Bertz CT molecular complexity index is 702. The topological polar surface area (TPSA) is 49.8 Å². The Morgan fingerprint density at radius 2 is 2.00 bits per heavy atom. The van der Waals surface area contributed by atoms with Crippen molar-refractivity contribution in [1.29, 1.82) is 0 Å². The van der Waals surface area contributed by atoms with Gasteiger partial charge in [0.1, 0.15) is 11.5 Å². The number of carbonyl (C=O) groups is 1. The second kappa shape index (κ2) is 7.69. The highest BCUT2D eigenvalue weighted by atomic mass is 35.5. The molecule has 0 saturated carbocycles. The van der Waals surface area contributed by atoms with E-state index in [1.165, 1.54) is 0 Å². The van der Waals surface area contributed by atoms with Crippen molar-refractivity contribution in [3.8, 4) is 11.5 Å². The number of carbonyl (C=O) groups excluding carboxylic acids is 1. The molecule has 0 aliphatic carbocycles. The molecule has 4 nitrogen and oxygen atoms in total. The number of aliphatic hydroxyl groups excluding tert-OH is 1. The van der Waals surface area contributed by atoms with E-state index < -0.39 is 0 Å². The lowest BCUT2D eigenvalue weighted by Gasteiger charge is -2.32. The lowest BCUT2D eigenvalue weighted by atomic mass is 9.98. The standard InChI is InChI=1S/C19H20ClNO3/c20-16-6-8-17(9-7-16)24-18-5-1-4-15(11-18)19(23)21-10-2-3-14(12-21)13-22/h1,4-9,11,14,22H,2-3,10,12-13H2. The van der Waals surface area contributed by atoms with Gasteiger partial charge in [-0.05, 0) is 61.2 Å². The van der Waals surface area contributed by atoms with Gasteiger partial charge in [-0.1, -0.05) is 17.7 Å². The zero-order valence-corrected chi connectivity index (χ0v) is 14.1. The van der Waals surface area contributed by atoms with E-state index in [9.17, 15) is 9.90 Å². The number of hydrogen-bond acceptors (Lipinski definition) is 3. The van der Waals surface area contributed by atoms with Gasteiger partial charge < -0.3 is 14.7 Å². The summed E-state index contributed by atoms with van der Waals surface area (Å²) in [5.74, 6) is 1.44. The van der Waals surface area contributed by atoms with Crippen LogP contribution >= 0.6 is 11.6 Å². The Labute approximate surface area is 146 Å². The van der Waals surface area contributed by atoms with Crippen LogP contribution in [0.25, 0.3) is 0 Å². The van der Waals surface area contributed by atoms with Crippen molar-refractivity contribution in [1.82, 2.24) is 4.90 Å². The Morgan fingerprint density at radius 3 is 2.75 bits per heavy atom. The van der Waals surface area contributed by atoms with Crippen LogP contribution in [0.15, 0.2) is 48.5 Å². The number of benzene rings is 2. The largest absolute Gasteiger partial charge is 0.457 e. The van der Waals surface area contributed by atoms with Crippen LogP contribution in [0.4, 0.5) is 0 Å².